The number of rotatable bonds is 5. The molecule has 11 heteroatoms. The lowest BCUT2D eigenvalue weighted by Gasteiger charge is -2.38. The lowest BCUT2D eigenvalue weighted by atomic mass is 9.95. The van der Waals surface area contributed by atoms with Crippen molar-refractivity contribution in [2.75, 3.05) is 32.4 Å². The zero-order valence-corrected chi connectivity index (χ0v) is 16.4. The zero-order chi connectivity index (χ0) is 19.7. The van der Waals surface area contributed by atoms with Crippen molar-refractivity contribution in [1.82, 2.24) is 29.3 Å². The molecular formula is C17H22N6O4S. The number of likely N-dealkylation sites (tertiary alicyclic amines) is 1. The van der Waals surface area contributed by atoms with Gasteiger partial charge in [0.2, 0.25) is 15.9 Å². The van der Waals surface area contributed by atoms with E-state index in [1.54, 1.807) is 4.90 Å². The summed E-state index contributed by atoms with van der Waals surface area (Å²) in [6, 6.07) is 0. The molecule has 2 saturated heterocycles. The van der Waals surface area contributed by atoms with Gasteiger partial charge in [-0.2, -0.15) is 4.98 Å². The lowest BCUT2D eigenvalue weighted by Crippen LogP contribution is -2.50. The van der Waals surface area contributed by atoms with Crippen LogP contribution < -0.4 is 0 Å². The van der Waals surface area contributed by atoms with E-state index in [1.165, 1.54) is 29.3 Å². The molecule has 2 aromatic rings. The van der Waals surface area contributed by atoms with Crippen molar-refractivity contribution in [1.29, 1.82) is 0 Å². The minimum absolute atomic E-state index is 0.0688. The quantitative estimate of drug-likeness (QED) is 0.695. The van der Waals surface area contributed by atoms with E-state index in [4.69, 9.17) is 4.52 Å². The van der Waals surface area contributed by atoms with Gasteiger partial charge in [-0.05, 0) is 12.8 Å². The van der Waals surface area contributed by atoms with E-state index < -0.39 is 10.0 Å². The second-order valence-electron chi connectivity index (χ2n) is 7.39. The third-order valence-electron chi connectivity index (χ3n) is 5.29. The molecule has 28 heavy (non-hydrogen) atoms. The summed E-state index contributed by atoms with van der Waals surface area (Å²) in [5.74, 6) is 1.56. The molecule has 0 N–H and O–H groups in total. The highest BCUT2D eigenvalue weighted by molar-refractivity contribution is 7.88. The normalized spacial score (nSPS) is 19.5. The number of sulfonamides is 1. The highest BCUT2D eigenvalue weighted by Gasteiger charge is 2.33. The Morgan fingerprint density at radius 3 is 2.54 bits per heavy atom. The molecule has 1 amide bonds. The van der Waals surface area contributed by atoms with Gasteiger partial charge in [0.1, 0.15) is 6.33 Å². The van der Waals surface area contributed by atoms with Crippen LogP contribution in [0.4, 0.5) is 0 Å². The Morgan fingerprint density at radius 1 is 1.21 bits per heavy atom. The third kappa shape index (κ3) is 4.04. The average molecular weight is 406 g/mol. The minimum atomic E-state index is -3.14. The van der Waals surface area contributed by atoms with Crippen LogP contribution >= 0.6 is 0 Å². The van der Waals surface area contributed by atoms with Gasteiger partial charge in [-0.3, -0.25) is 4.79 Å². The second kappa shape index (κ2) is 7.55. The molecule has 4 rings (SSSR count). The summed E-state index contributed by atoms with van der Waals surface area (Å²) >= 11 is 0. The molecule has 0 bridgehead atoms. The van der Waals surface area contributed by atoms with Crippen LogP contribution in [-0.2, 0) is 16.4 Å². The number of carbonyl (C=O) groups is 1. The van der Waals surface area contributed by atoms with Crippen molar-refractivity contribution < 1.29 is 17.7 Å². The lowest BCUT2D eigenvalue weighted by molar-refractivity contribution is 0.0486. The van der Waals surface area contributed by atoms with Gasteiger partial charge in [0, 0.05) is 56.8 Å². The predicted molar refractivity (Wildman–Crippen MR) is 97.8 cm³/mol. The van der Waals surface area contributed by atoms with Crippen molar-refractivity contribution in [3.63, 3.8) is 0 Å². The van der Waals surface area contributed by atoms with Crippen LogP contribution in [-0.4, -0.2) is 76.1 Å². The molecule has 0 aromatic carbocycles. The van der Waals surface area contributed by atoms with Crippen molar-refractivity contribution in [3.05, 3.63) is 36.0 Å². The van der Waals surface area contributed by atoms with Crippen LogP contribution in [0.5, 0.6) is 0 Å². The maximum Gasteiger partial charge on any atom is 0.257 e. The first-order chi connectivity index (χ1) is 13.4. The van der Waals surface area contributed by atoms with E-state index in [2.05, 4.69) is 20.1 Å². The number of aromatic nitrogens is 4. The summed E-state index contributed by atoms with van der Waals surface area (Å²) in [4.78, 5) is 26.3. The molecule has 0 atom stereocenters. The average Bonchev–Trinajstić information content (AvgIpc) is 3.13. The number of piperidine rings is 1. The molecule has 0 radical (unpaired) electrons. The fourth-order valence-corrected chi connectivity index (χ4v) is 4.54. The first kappa shape index (κ1) is 18.9. The van der Waals surface area contributed by atoms with E-state index in [1.807, 2.05) is 0 Å². The number of amides is 1. The van der Waals surface area contributed by atoms with Crippen LogP contribution in [0.1, 0.15) is 40.8 Å². The minimum Gasteiger partial charge on any atom is -0.339 e. The van der Waals surface area contributed by atoms with Crippen molar-refractivity contribution in [3.8, 4) is 0 Å². The van der Waals surface area contributed by atoms with Gasteiger partial charge in [-0.15, -0.1) is 0 Å². The molecule has 2 aliphatic rings. The van der Waals surface area contributed by atoms with E-state index in [0.29, 0.717) is 62.7 Å². The van der Waals surface area contributed by atoms with Crippen LogP contribution in [0.15, 0.2) is 23.2 Å². The highest BCUT2D eigenvalue weighted by atomic mass is 32.2. The highest BCUT2D eigenvalue weighted by Crippen LogP contribution is 2.28. The molecule has 150 valence electrons. The Labute approximate surface area is 163 Å². The number of nitrogens with zero attached hydrogens (tertiary/aromatic N) is 6. The molecule has 2 aliphatic heterocycles. The number of hydrogen-bond acceptors (Lipinski definition) is 8. The maximum absolute atomic E-state index is 12.3. The van der Waals surface area contributed by atoms with Gasteiger partial charge in [0.05, 0.1) is 11.8 Å². The summed E-state index contributed by atoms with van der Waals surface area (Å²) in [6.45, 7) is 2.24. The van der Waals surface area contributed by atoms with Gasteiger partial charge in [-0.25, -0.2) is 22.7 Å². The van der Waals surface area contributed by atoms with Crippen molar-refractivity contribution in [2.24, 2.45) is 5.92 Å². The molecule has 0 spiro atoms. The van der Waals surface area contributed by atoms with Crippen molar-refractivity contribution in [2.45, 2.75) is 25.2 Å². The first-order valence-corrected chi connectivity index (χ1v) is 11.1. The molecular weight excluding hydrogens is 384 g/mol. The summed E-state index contributed by atoms with van der Waals surface area (Å²) < 4.78 is 30.1. The fourth-order valence-electron chi connectivity index (χ4n) is 3.67. The summed E-state index contributed by atoms with van der Waals surface area (Å²) in [5.41, 5.74) is 0.487. The Kier molecular flexibility index (Phi) is 5.11. The van der Waals surface area contributed by atoms with E-state index in [-0.39, 0.29) is 17.7 Å². The Morgan fingerprint density at radius 2 is 1.89 bits per heavy atom. The molecule has 10 nitrogen and oxygen atoms in total. The smallest absolute Gasteiger partial charge is 0.257 e. The summed E-state index contributed by atoms with van der Waals surface area (Å²) in [6.07, 6.45) is 7.67. The molecule has 0 aliphatic carbocycles. The van der Waals surface area contributed by atoms with Crippen LogP contribution in [0.2, 0.25) is 0 Å². The van der Waals surface area contributed by atoms with Gasteiger partial charge in [-0.1, -0.05) is 5.16 Å². The largest absolute Gasteiger partial charge is 0.339 e. The Balaban J connectivity index is 1.27. The monoisotopic (exact) mass is 406 g/mol. The second-order valence-corrected chi connectivity index (χ2v) is 9.37. The standard InChI is InChI=1S/C17H22N6O4S/c1-28(25,26)23-4-2-13(3-5-23)16-20-15(27-21-16)6-12-9-22(10-12)17(24)14-7-18-11-19-8-14/h7-8,11-13H,2-6,9-10H2,1H3. The van der Waals surface area contributed by atoms with E-state index >= 15 is 0 Å². The number of carbonyl (C=O) groups excluding carboxylic acids is 1. The Hall–Kier alpha value is -2.40. The predicted octanol–water partition coefficient (Wildman–Crippen LogP) is 0.313. The molecule has 0 saturated carbocycles. The van der Waals surface area contributed by atoms with Crippen molar-refractivity contribution >= 4 is 15.9 Å². The first-order valence-electron chi connectivity index (χ1n) is 9.22. The molecule has 4 heterocycles. The van der Waals surface area contributed by atoms with Gasteiger partial charge >= 0.3 is 0 Å². The third-order valence-corrected chi connectivity index (χ3v) is 6.59. The van der Waals surface area contributed by atoms with Crippen LogP contribution in [0.25, 0.3) is 0 Å². The SMILES string of the molecule is CS(=O)(=O)N1CCC(c2noc(CC3CN(C(=O)c4cncnc4)C3)n2)CC1. The van der Waals surface area contributed by atoms with E-state index in [9.17, 15) is 13.2 Å². The molecule has 2 aromatic heterocycles. The van der Waals surface area contributed by atoms with Gasteiger partial charge in [0.25, 0.3) is 5.91 Å². The fraction of sp³-hybridized carbons (Fsp3) is 0.588. The van der Waals surface area contributed by atoms with Gasteiger partial charge in [0.15, 0.2) is 5.82 Å². The van der Waals surface area contributed by atoms with Crippen LogP contribution in [0.3, 0.4) is 0 Å². The van der Waals surface area contributed by atoms with E-state index in [0.717, 1.165) is 0 Å². The molecule has 2 fully saturated rings. The maximum atomic E-state index is 12.3. The summed E-state index contributed by atoms with van der Waals surface area (Å²) in [5, 5.41) is 4.09. The Bertz CT molecular complexity index is 934. The summed E-state index contributed by atoms with van der Waals surface area (Å²) in [7, 11) is -3.14. The zero-order valence-electron chi connectivity index (χ0n) is 15.6. The topological polar surface area (TPSA) is 122 Å². The molecule has 0 unspecified atom stereocenters. The number of hydrogen-bond donors (Lipinski definition) is 0. The van der Waals surface area contributed by atoms with Crippen LogP contribution in [0, 0.1) is 5.92 Å². The van der Waals surface area contributed by atoms with Gasteiger partial charge < -0.3 is 9.42 Å².